The Labute approximate surface area is 140 Å². The van der Waals surface area contributed by atoms with E-state index in [1.165, 1.54) is 11.1 Å². The fourth-order valence-corrected chi connectivity index (χ4v) is 2.75. The summed E-state index contributed by atoms with van der Waals surface area (Å²) in [5, 5.41) is 1.42. The molecule has 0 aliphatic carbocycles. The zero-order chi connectivity index (χ0) is 15.6. The molecular formula is C18H20BrClO. The van der Waals surface area contributed by atoms with E-state index in [1.807, 2.05) is 18.2 Å². The van der Waals surface area contributed by atoms with E-state index in [4.69, 9.17) is 16.3 Å². The number of halogens is 2. The SMILES string of the molecule is Cc1ccc(C(C)(C)C)c(Oc2ccc(CBr)cc2Cl)c1. The maximum absolute atomic E-state index is 6.32. The Kier molecular flexibility index (Phi) is 5.00. The zero-order valence-corrected chi connectivity index (χ0v) is 15.2. The van der Waals surface area contributed by atoms with Crippen LogP contribution in [0.5, 0.6) is 11.5 Å². The molecule has 0 aromatic heterocycles. The van der Waals surface area contributed by atoms with Crippen molar-refractivity contribution in [3.05, 3.63) is 58.1 Å². The lowest BCUT2D eigenvalue weighted by atomic mass is 9.86. The third-order valence-corrected chi connectivity index (χ3v) is 4.26. The van der Waals surface area contributed by atoms with Crippen molar-refractivity contribution in [2.45, 2.75) is 38.4 Å². The van der Waals surface area contributed by atoms with Crippen LogP contribution in [0.2, 0.25) is 5.02 Å². The molecule has 0 spiro atoms. The van der Waals surface area contributed by atoms with Crippen molar-refractivity contribution >= 4 is 27.5 Å². The fourth-order valence-electron chi connectivity index (χ4n) is 2.16. The summed E-state index contributed by atoms with van der Waals surface area (Å²) >= 11 is 9.75. The summed E-state index contributed by atoms with van der Waals surface area (Å²) in [6.07, 6.45) is 0. The number of ether oxygens (including phenoxy) is 1. The molecule has 0 unspecified atom stereocenters. The first-order valence-electron chi connectivity index (χ1n) is 6.94. The van der Waals surface area contributed by atoms with Gasteiger partial charge in [0.1, 0.15) is 11.5 Å². The molecule has 2 aromatic carbocycles. The number of hydrogen-bond donors (Lipinski definition) is 0. The van der Waals surface area contributed by atoms with Gasteiger partial charge >= 0.3 is 0 Å². The van der Waals surface area contributed by atoms with Crippen LogP contribution in [0.15, 0.2) is 36.4 Å². The van der Waals surface area contributed by atoms with E-state index in [0.29, 0.717) is 10.8 Å². The highest BCUT2D eigenvalue weighted by Crippen LogP contribution is 2.37. The minimum Gasteiger partial charge on any atom is -0.455 e. The standard InChI is InChI=1S/C18H20BrClO/c1-12-5-7-14(18(2,3)4)17(9-12)21-16-8-6-13(11-19)10-15(16)20/h5-10H,11H2,1-4H3. The second kappa shape index (κ2) is 6.41. The predicted octanol–water partition coefficient (Wildman–Crippen LogP) is 6.63. The number of hydrogen-bond acceptors (Lipinski definition) is 1. The summed E-state index contributed by atoms with van der Waals surface area (Å²) in [6.45, 7) is 8.61. The van der Waals surface area contributed by atoms with Gasteiger partial charge in [-0.1, -0.05) is 66.5 Å². The smallest absolute Gasteiger partial charge is 0.146 e. The van der Waals surface area contributed by atoms with Gasteiger partial charge < -0.3 is 4.74 Å². The summed E-state index contributed by atoms with van der Waals surface area (Å²) in [5.41, 5.74) is 3.50. The Balaban J connectivity index is 2.41. The van der Waals surface area contributed by atoms with Gasteiger partial charge in [-0.05, 0) is 41.7 Å². The van der Waals surface area contributed by atoms with Gasteiger partial charge in [-0.25, -0.2) is 0 Å². The van der Waals surface area contributed by atoms with Gasteiger partial charge in [0.2, 0.25) is 0 Å². The maximum Gasteiger partial charge on any atom is 0.146 e. The largest absolute Gasteiger partial charge is 0.455 e. The molecule has 0 bridgehead atoms. The second-order valence-electron chi connectivity index (χ2n) is 6.25. The third-order valence-electron chi connectivity index (χ3n) is 3.32. The zero-order valence-electron chi connectivity index (χ0n) is 12.8. The molecule has 0 fully saturated rings. The number of alkyl halides is 1. The summed E-state index contributed by atoms with van der Waals surface area (Å²) < 4.78 is 6.10. The van der Waals surface area contributed by atoms with E-state index in [2.05, 4.69) is 61.8 Å². The number of benzene rings is 2. The second-order valence-corrected chi connectivity index (χ2v) is 7.22. The molecule has 1 nitrogen and oxygen atoms in total. The van der Waals surface area contributed by atoms with Gasteiger partial charge in [-0.3, -0.25) is 0 Å². The van der Waals surface area contributed by atoms with Crippen molar-refractivity contribution < 1.29 is 4.74 Å². The lowest BCUT2D eigenvalue weighted by molar-refractivity contribution is 0.455. The van der Waals surface area contributed by atoms with Crippen LogP contribution in [0.3, 0.4) is 0 Å². The molecule has 0 atom stereocenters. The Morgan fingerprint density at radius 1 is 1.05 bits per heavy atom. The highest BCUT2D eigenvalue weighted by atomic mass is 79.9. The molecule has 2 aromatic rings. The molecule has 3 heteroatoms. The molecular weight excluding hydrogens is 348 g/mol. The molecule has 0 N–H and O–H groups in total. The lowest BCUT2D eigenvalue weighted by Crippen LogP contribution is -2.12. The van der Waals surface area contributed by atoms with Crippen LogP contribution in [0.25, 0.3) is 0 Å². The Morgan fingerprint density at radius 2 is 1.76 bits per heavy atom. The average Bonchev–Trinajstić information content (AvgIpc) is 2.39. The van der Waals surface area contributed by atoms with Crippen molar-refractivity contribution in [2.24, 2.45) is 0 Å². The molecule has 112 valence electrons. The quantitative estimate of drug-likeness (QED) is 0.553. The topological polar surface area (TPSA) is 9.23 Å². The molecule has 0 saturated heterocycles. The van der Waals surface area contributed by atoms with Crippen LogP contribution in [0.4, 0.5) is 0 Å². The van der Waals surface area contributed by atoms with Crippen LogP contribution in [-0.4, -0.2) is 0 Å². The van der Waals surface area contributed by atoms with E-state index in [1.54, 1.807) is 0 Å². The Bertz CT molecular complexity index is 644. The summed E-state index contributed by atoms with van der Waals surface area (Å²) in [4.78, 5) is 0. The molecule has 0 aliphatic rings. The van der Waals surface area contributed by atoms with Gasteiger partial charge in [0.25, 0.3) is 0 Å². The molecule has 0 amide bonds. The molecule has 0 radical (unpaired) electrons. The van der Waals surface area contributed by atoms with Crippen LogP contribution in [-0.2, 0) is 10.7 Å². The maximum atomic E-state index is 6.32. The van der Waals surface area contributed by atoms with E-state index in [-0.39, 0.29) is 5.41 Å². The Hall–Kier alpha value is -0.990. The van der Waals surface area contributed by atoms with Crippen molar-refractivity contribution in [3.8, 4) is 11.5 Å². The number of rotatable bonds is 3. The number of aryl methyl sites for hydroxylation is 1. The lowest BCUT2D eigenvalue weighted by Gasteiger charge is -2.23. The van der Waals surface area contributed by atoms with Crippen LogP contribution >= 0.6 is 27.5 Å². The highest BCUT2D eigenvalue weighted by Gasteiger charge is 2.20. The molecule has 0 saturated carbocycles. The van der Waals surface area contributed by atoms with Crippen LogP contribution in [0.1, 0.15) is 37.5 Å². The van der Waals surface area contributed by atoms with E-state index >= 15 is 0 Å². The van der Waals surface area contributed by atoms with Crippen molar-refractivity contribution in [1.29, 1.82) is 0 Å². The normalized spacial score (nSPS) is 11.5. The van der Waals surface area contributed by atoms with Crippen molar-refractivity contribution in [1.82, 2.24) is 0 Å². The molecule has 0 heterocycles. The van der Waals surface area contributed by atoms with E-state index in [9.17, 15) is 0 Å². The van der Waals surface area contributed by atoms with Gasteiger partial charge in [0.05, 0.1) is 5.02 Å². The highest BCUT2D eigenvalue weighted by molar-refractivity contribution is 9.08. The van der Waals surface area contributed by atoms with E-state index < -0.39 is 0 Å². The fraction of sp³-hybridized carbons (Fsp3) is 0.333. The minimum absolute atomic E-state index is 0.0192. The van der Waals surface area contributed by atoms with Gasteiger partial charge in [0, 0.05) is 10.9 Å². The van der Waals surface area contributed by atoms with Crippen LogP contribution in [0, 0.1) is 6.92 Å². The van der Waals surface area contributed by atoms with E-state index in [0.717, 1.165) is 16.6 Å². The third kappa shape index (κ3) is 4.02. The van der Waals surface area contributed by atoms with Crippen LogP contribution < -0.4 is 4.74 Å². The first-order chi connectivity index (χ1) is 9.81. The van der Waals surface area contributed by atoms with Crippen molar-refractivity contribution in [2.75, 3.05) is 0 Å². The first-order valence-corrected chi connectivity index (χ1v) is 8.44. The summed E-state index contributed by atoms with van der Waals surface area (Å²) in [6, 6.07) is 12.2. The van der Waals surface area contributed by atoms with Gasteiger partial charge in [-0.15, -0.1) is 0 Å². The minimum atomic E-state index is 0.0192. The summed E-state index contributed by atoms with van der Waals surface area (Å²) in [5.74, 6) is 1.56. The average molecular weight is 368 g/mol. The van der Waals surface area contributed by atoms with Crippen molar-refractivity contribution in [3.63, 3.8) is 0 Å². The Morgan fingerprint density at radius 3 is 2.33 bits per heavy atom. The molecule has 0 aliphatic heterocycles. The summed E-state index contributed by atoms with van der Waals surface area (Å²) in [7, 11) is 0. The molecule has 21 heavy (non-hydrogen) atoms. The first kappa shape index (κ1) is 16.4. The predicted molar refractivity (Wildman–Crippen MR) is 94.0 cm³/mol. The van der Waals surface area contributed by atoms with Gasteiger partial charge in [-0.2, -0.15) is 0 Å². The monoisotopic (exact) mass is 366 g/mol. The molecule has 2 rings (SSSR count). The van der Waals surface area contributed by atoms with Gasteiger partial charge in [0.15, 0.2) is 0 Å².